The molecule has 34 heavy (non-hydrogen) atoms. The van der Waals surface area contributed by atoms with Crippen molar-refractivity contribution in [2.24, 2.45) is 0 Å². The first kappa shape index (κ1) is 25.4. The summed E-state index contributed by atoms with van der Waals surface area (Å²) < 4.78 is 115. The van der Waals surface area contributed by atoms with E-state index in [1.807, 2.05) is 4.72 Å². The largest absolute Gasteiger partial charge is 0.465 e. The second-order valence-electron chi connectivity index (χ2n) is 6.54. The summed E-state index contributed by atoms with van der Waals surface area (Å²) in [6.07, 6.45) is -9.55. The monoisotopic (exact) mass is 525 g/mol. The lowest BCUT2D eigenvalue weighted by atomic mass is 10.2. The minimum Gasteiger partial charge on any atom is -0.465 e. The van der Waals surface area contributed by atoms with Crippen LogP contribution in [-0.4, -0.2) is 21.5 Å². The number of rotatable bonds is 6. The zero-order valence-corrected chi connectivity index (χ0v) is 18.5. The maximum absolute atomic E-state index is 13.2. The summed E-state index contributed by atoms with van der Waals surface area (Å²) in [5.41, 5.74) is -2.98. The Bertz CT molecular complexity index is 1300. The molecule has 3 aromatic rings. The van der Waals surface area contributed by atoms with Crippen LogP contribution in [-0.2, 0) is 27.1 Å². The summed E-state index contributed by atoms with van der Waals surface area (Å²) in [5.74, 6) is -1.29. The van der Waals surface area contributed by atoms with Crippen LogP contribution in [0, 0.1) is 0 Å². The number of sulfonamides is 1. The highest BCUT2D eigenvalue weighted by molar-refractivity contribution is 7.92. The maximum atomic E-state index is 13.2. The smallest absolute Gasteiger partial charge is 0.416 e. The first-order valence-corrected chi connectivity index (χ1v) is 11.3. The maximum Gasteiger partial charge on any atom is 0.416 e. The fourth-order valence-corrected chi connectivity index (χ4v) is 4.43. The van der Waals surface area contributed by atoms with Crippen molar-refractivity contribution < 1.29 is 49.0 Å². The Balaban J connectivity index is 2.02. The average Bonchev–Trinajstić information content (AvgIpc) is 3.21. The minimum absolute atomic E-state index is 0.0288. The standard InChI is InChI=1S/C20H13F6NO5S2/c1-31-18(28)17-16(8-9-33-17)32-15-7-4-12(20(24,25)26)10-14(15)27-34(29,30)13-5-2-11(3-6-13)19(21,22)23/h2-10,27H,1H3. The van der Waals surface area contributed by atoms with E-state index in [0.717, 1.165) is 24.5 Å². The van der Waals surface area contributed by atoms with Crippen molar-refractivity contribution in [1.82, 2.24) is 0 Å². The van der Waals surface area contributed by atoms with Gasteiger partial charge in [-0.1, -0.05) is 0 Å². The van der Waals surface area contributed by atoms with Crippen molar-refractivity contribution in [1.29, 1.82) is 0 Å². The number of benzene rings is 2. The number of hydrogen-bond donors (Lipinski definition) is 1. The first-order valence-electron chi connectivity index (χ1n) is 8.97. The van der Waals surface area contributed by atoms with Crippen molar-refractivity contribution in [2.75, 3.05) is 11.8 Å². The summed E-state index contributed by atoms with van der Waals surface area (Å²) in [5, 5.41) is 1.44. The number of thiophene rings is 1. The lowest BCUT2D eigenvalue weighted by Gasteiger charge is -2.16. The number of ether oxygens (including phenoxy) is 2. The van der Waals surface area contributed by atoms with Gasteiger partial charge in [-0.15, -0.1) is 11.3 Å². The Hall–Kier alpha value is -3.26. The van der Waals surface area contributed by atoms with Crippen molar-refractivity contribution >= 4 is 33.0 Å². The third kappa shape index (κ3) is 5.62. The normalized spacial score (nSPS) is 12.3. The summed E-state index contributed by atoms with van der Waals surface area (Å²) in [6.45, 7) is 0. The van der Waals surface area contributed by atoms with Gasteiger partial charge in [-0.25, -0.2) is 13.2 Å². The second kappa shape index (κ2) is 9.18. The minimum atomic E-state index is -4.84. The molecule has 1 aromatic heterocycles. The van der Waals surface area contributed by atoms with Crippen LogP contribution in [0.4, 0.5) is 32.0 Å². The molecule has 0 radical (unpaired) electrons. The number of nitrogens with one attached hydrogen (secondary N) is 1. The van der Waals surface area contributed by atoms with Gasteiger partial charge in [0.2, 0.25) is 0 Å². The van der Waals surface area contributed by atoms with Crippen molar-refractivity contribution in [3.63, 3.8) is 0 Å². The summed E-state index contributed by atoms with van der Waals surface area (Å²) in [6, 6.07) is 5.62. The van der Waals surface area contributed by atoms with Gasteiger partial charge in [0.05, 0.1) is 28.8 Å². The highest BCUT2D eigenvalue weighted by Gasteiger charge is 2.33. The van der Waals surface area contributed by atoms with Crippen LogP contribution >= 0.6 is 11.3 Å². The molecule has 6 nitrogen and oxygen atoms in total. The molecule has 14 heteroatoms. The van der Waals surface area contributed by atoms with Crippen LogP contribution in [0.2, 0.25) is 0 Å². The Morgan fingerprint density at radius 2 is 1.47 bits per heavy atom. The molecule has 0 bridgehead atoms. The molecular weight excluding hydrogens is 512 g/mol. The highest BCUT2D eigenvalue weighted by atomic mass is 32.2. The Morgan fingerprint density at radius 1 is 0.882 bits per heavy atom. The molecule has 0 fully saturated rings. The number of methoxy groups -OCH3 is 1. The molecule has 3 rings (SSSR count). The van der Waals surface area contributed by atoms with Crippen molar-refractivity contribution in [3.05, 3.63) is 69.9 Å². The highest BCUT2D eigenvalue weighted by Crippen LogP contribution is 2.39. The topological polar surface area (TPSA) is 81.7 Å². The van der Waals surface area contributed by atoms with E-state index < -0.39 is 55.8 Å². The van der Waals surface area contributed by atoms with E-state index in [2.05, 4.69) is 4.74 Å². The van der Waals surface area contributed by atoms with Gasteiger partial charge in [-0.2, -0.15) is 26.3 Å². The lowest BCUT2D eigenvalue weighted by Crippen LogP contribution is -2.15. The van der Waals surface area contributed by atoms with E-state index in [1.54, 1.807) is 0 Å². The average molecular weight is 525 g/mol. The molecule has 1 heterocycles. The van der Waals surface area contributed by atoms with Gasteiger partial charge in [0.25, 0.3) is 10.0 Å². The molecule has 0 aliphatic carbocycles. The van der Waals surface area contributed by atoms with E-state index >= 15 is 0 Å². The number of carbonyl (C=O) groups excluding carboxylic acids is 1. The van der Waals surface area contributed by atoms with Crippen LogP contribution in [0.15, 0.2) is 58.8 Å². The Kier molecular flexibility index (Phi) is 6.85. The molecular formula is C20H13F6NO5S2. The van der Waals surface area contributed by atoms with Crippen LogP contribution in [0.3, 0.4) is 0 Å². The van der Waals surface area contributed by atoms with Gasteiger partial charge >= 0.3 is 18.3 Å². The zero-order chi connectivity index (χ0) is 25.3. The number of hydrogen-bond acceptors (Lipinski definition) is 6. The van der Waals surface area contributed by atoms with Crippen LogP contribution < -0.4 is 9.46 Å². The second-order valence-corrected chi connectivity index (χ2v) is 9.14. The van der Waals surface area contributed by atoms with E-state index in [-0.39, 0.29) is 10.6 Å². The Morgan fingerprint density at radius 3 is 2.03 bits per heavy atom. The fourth-order valence-electron chi connectivity index (χ4n) is 2.64. The van der Waals surface area contributed by atoms with Gasteiger partial charge in [-0.3, -0.25) is 4.72 Å². The van der Waals surface area contributed by atoms with E-state index in [4.69, 9.17) is 4.74 Å². The molecule has 0 aliphatic heterocycles. The molecule has 0 saturated heterocycles. The quantitative estimate of drug-likeness (QED) is 0.308. The predicted molar refractivity (Wildman–Crippen MR) is 109 cm³/mol. The molecule has 0 atom stereocenters. The summed E-state index contributed by atoms with van der Waals surface area (Å²) in [7, 11) is -3.52. The molecule has 0 saturated carbocycles. The van der Waals surface area contributed by atoms with Gasteiger partial charge in [0.1, 0.15) is 0 Å². The fraction of sp³-hybridized carbons (Fsp3) is 0.150. The van der Waals surface area contributed by atoms with Gasteiger partial charge < -0.3 is 9.47 Å². The summed E-state index contributed by atoms with van der Waals surface area (Å²) in [4.78, 5) is 11.2. The molecule has 2 aromatic carbocycles. The van der Waals surface area contributed by atoms with Crippen molar-refractivity contribution in [2.45, 2.75) is 17.2 Å². The van der Waals surface area contributed by atoms with Gasteiger partial charge in [0.15, 0.2) is 16.4 Å². The molecule has 0 amide bonds. The van der Waals surface area contributed by atoms with Crippen LogP contribution in [0.1, 0.15) is 20.8 Å². The van der Waals surface area contributed by atoms with E-state index in [9.17, 15) is 39.6 Å². The molecule has 0 unspecified atom stereocenters. The van der Waals surface area contributed by atoms with Crippen LogP contribution in [0.25, 0.3) is 0 Å². The van der Waals surface area contributed by atoms with Crippen molar-refractivity contribution in [3.8, 4) is 11.5 Å². The number of halogens is 6. The SMILES string of the molecule is COC(=O)c1sccc1Oc1ccc(C(F)(F)F)cc1NS(=O)(=O)c1ccc(C(F)(F)F)cc1. The summed E-state index contributed by atoms with van der Waals surface area (Å²) >= 11 is 0.918. The predicted octanol–water partition coefficient (Wildman–Crippen LogP) is 6.17. The third-order valence-electron chi connectivity index (χ3n) is 4.26. The number of esters is 1. The molecule has 1 N–H and O–H groups in total. The van der Waals surface area contributed by atoms with Crippen LogP contribution in [0.5, 0.6) is 11.5 Å². The molecule has 0 spiro atoms. The first-order chi connectivity index (χ1) is 15.7. The molecule has 0 aliphatic rings. The van der Waals surface area contributed by atoms with Gasteiger partial charge in [0, 0.05) is 0 Å². The number of anilines is 1. The zero-order valence-electron chi connectivity index (χ0n) is 16.8. The Labute approximate surface area is 192 Å². The number of carbonyl (C=O) groups is 1. The molecule has 182 valence electrons. The third-order valence-corrected chi connectivity index (χ3v) is 6.52. The van der Waals surface area contributed by atoms with E-state index in [1.165, 1.54) is 11.4 Å². The number of alkyl halides is 6. The van der Waals surface area contributed by atoms with Gasteiger partial charge in [-0.05, 0) is 53.9 Å². The van der Waals surface area contributed by atoms with E-state index in [0.29, 0.717) is 36.4 Å². The lowest BCUT2D eigenvalue weighted by molar-refractivity contribution is -0.138.